The van der Waals surface area contributed by atoms with Gasteiger partial charge in [-0.3, -0.25) is 0 Å². The monoisotopic (exact) mass is 167 g/mol. The van der Waals surface area contributed by atoms with Crippen molar-refractivity contribution in [3.05, 3.63) is 11.6 Å². The van der Waals surface area contributed by atoms with Crippen molar-refractivity contribution in [1.82, 2.24) is 4.98 Å². The second kappa shape index (κ2) is 3.30. The van der Waals surface area contributed by atoms with Gasteiger partial charge in [-0.15, -0.1) is 0 Å². The van der Waals surface area contributed by atoms with E-state index in [1.807, 2.05) is 6.92 Å². The predicted molar refractivity (Wildman–Crippen MR) is 49.0 cm³/mol. The first-order valence-electron chi connectivity index (χ1n) is 3.77. The normalized spacial score (nSPS) is 9.83. The number of hydrogen-bond acceptors (Lipinski definition) is 4. The van der Waals surface area contributed by atoms with Crippen molar-refractivity contribution < 1.29 is 4.74 Å². The zero-order valence-electron chi connectivity index (χ0n) is 7.29. The lowest BCUT2D eigenvalue weighted by Crippen LogP contribution is -2.03. The summed E-state index contributed by atoms with van der Waals surface area (Å²) < 4.78 is 4.95. The molecule has 1 heterocycles. The molecule has 4 heteroatoms. The summed E-state index contributed by atoms with van der Waals surface area (Å²) in [5.41, 5.74) is 12.8. The molecule has 0 amide bonds. The minimum absolute atomic E-state index is 0.339. The number of nitrogen functional groups attached to an aromatic ring is 2. The summed E-state index contributed by atoms with van der Waals surface area (Å²) in [7, 11) is 1.55. The molecule has 1 aromatic rings. The van der Waals surface area contributed by atoms with E-state index in [9.17, 15) is 0 Å². The molecular formula is C8H13N3O. The Morgan fingerprint density at radius 3 is 2.67 bits per heavy atom. The minimum atomic E-state index is 0.339. The topological polar surface area (TPSA) is 74.2 Å². The van der Waals surface area contributed by atoms with E-state index in [1.54, 1.807) is 13.2 Å². The molecule has 0 saturated heterocycles. The van der Waals surface area contributed by atoms with Gasteiger partial charge >= 0.3 is 0 Å². The highest BCUT2D eigenvalue weighted by atomic mass is 16.5. The summed E-state index contributed by atoms with van der Waals surface area (Å²) in [5, 5.41) is 0. The van der Waals surface area contributed by atoms with Gasteiger partial charge in [0.25, 0.3) is 0 Å². The van der Waals surface area contributed by atoms with Gasteiger partial charge in [0, 0.05) is 6.07 Å². The van der Waals surface area contributed by atoms with E-state index in [-0.39, 0.29) is 0 Å². The molecule has 0 aliphatic heterocycles. The van der Waals surface area contributed by atoms with Gasteiger partial charge in [0.05, 0.1) is 12.8 Å². The van der Waals surface area contributed by atoms with E-state index in [0.29, 0.717) is 17.4 Å². The van der Waals surface area contributed by atoms with Gasteiger partial charge in [-0.2, -0.15) is 4.98 Å². The maximum Gasteiger partial charge on any atom is 0.215 e. The van der Waals surface area contributed by atoms with Crippen LogP contribution < -0.4 is 16.2 Å². The Hall–Kier alpha value is -1.45. The number of ether oxygens (including phenoxy) is 1. The van der Waals surface area contributed by atoms with Gasteiger partial charge in [0.2, 0.25) is 5.88 Å². The molecule has 0 aromatic carbocycles. The van der Waals surface area contributed by atoms with Gasteiger partial charge in [-0.1, -0.05) is 6.92 Å². The second-order valence-electron chi connectivity index (χ2n) is 2.48. The molecule has 0 bridgehead atoms. The number of anilines is 2. The number of rotatable bonds is 2. The van der Waals surface area contributed by atoms with Crippen molar-refractivity contribution >= 4 is 11.5 Å². The van der Waals surface area contributed by atoms with Crippen molar-refractivity contribution in [2.75, 3.05) is 18.6 Å². The summed E-state index contributed by atoms with van der Waals surface area (Å²) in [5.74, 6) is 0.852. The summed E-state index contributed by atoms with van der Waals surface area (Å²) in [4.78, 5) is 3.93. The molecule has 0 spiro atoms. The van der Waals surface area contributed by atoms with Crippen LogP contribution in [0.1, 0.15) is 12.5 Å². The van der Waals surface area contributed by atoms with E-state index in [2.05, 4.69) is 4.98 Å². The van der Waals surface area contributed by atoms with Crippen molar-refractivity contribution in [1.29, 1.82) is 0 Å². The Morgan fingerprint density at radius 1 is 1.50 bits per heavy atom. The number of pyridine rings is 1. The van der Waals surface area contributed by atoms with Crippen LogP contribution in [0.25, 0.3) is 0 Å². The first kappa shape index (κ1) is 8.64. The average molecular weight is 167 g/mol. The summed E-state index contributed by atoms with van der Waals surface area (Å²) >= 11 is 0. The molecule has 0 atom stereocenters. The second-order valence-corrected chi connectivity index (χ2v) is 2.48. The number of aromatic nitrogens is 1. The number of nitrogens with two attached hydrogens (primary N) is 2. The van der Waals surface area contributed by atoms with Crippen LogP contribution in [-0.4, -0.2) is 12.1 Å². The third kappa shape index (κ3) is 1.42. The van der Waals surface area contributed by atoms with E-state index in [0.717, 1.165) is 12.0 Å². The third-order valence-corrected chi connectivity index (χ3v) is 1.74. The number of methoxy groups -OCH3 is 1. The molecule has 12 heavy (non-hydrogen) atoms. The molecule has 0 radical (unpaired) electrons. The molecule has 0 fully saturated rings. The van der Waals surface area contributed by atoms with Gasteiger partial charge in [-0.05, 0) is 12.0 Å². The molecule has 0 aliphatic carbocycles. The fourth-order valence-electron chi connectivity index (χ4n) is 1.000. The Morgan fingerprint density at radius 2 is 2.17 bits per heavy atom. The van der Waals surface area contributed by atoms with Crippen molar-refractivity contribution in [3.63, 3.8) is 0 Å². The molecule has 0 unspecified atom stereocenters. The Kier molecular flexibility index (Phi) is 2.38. The zero-order chi connectivity index (χ0) is 9.14. The lowest BCUT2D eigenvalue weighted by Gasteiger charge is -2.07. The zero-order valence-corrected chi connectivity index (χ0v) is 7.29. The predicted octanol–water partition coefficient (Wildman–Crippen LogP) is 0.817. The van der Waals surface area contributed by atoms with E-state index in [4.69, 9.17) is 16.2 Å². The van der Waals surface area contributed by atoms with Crippen molar-refractivity contribution in [3.8, 4) is 5.88 Å². The van der Waals surface area contributed by atoms with Gasteiger partial charge in [0.15, 0.2) is 5.82 Å². The van der Waals surface area contributed by atoms with E-state index < -0.39 is 0 Å². The fourth-order valence-corrected chi connectivity index (χ4v) is 1.000. The van der Waals surface area contributed by atoms with Crippen LogP contribution in [0.15, 0.2) is 6.07 Å². The molecule has 0 saturated carbocycles. The number of aryl methyl sites for hydroxylation is 1. The summed E-state index contributed by atoms with van der Waals surface area (Å²) in [6.45, 7) is 2.00. The maximum absolute atomic E-state index is 5.67. The largest absolute Gasteiger partial charge is 0.481 e. The van der Waals surface area contributed by atoms with Crippen LogP contribution in [0, 0.1) is 0 Å². The van der Waals surface area contributed by atoms with Crippen LogP contribution >= 0.6 is 0 Å². The van der Waals surface area contributed by atoms with Crippen LogP contribution in [0.4, 0.5) is 11.5 Å². The number of hydrogen-bond donors (Lipinski definition) is 2. The summed E-state index contributed by atoms with van der Waals surface area (Å²) in [6.07, 6.45) is 0.828. The van der Waals surface area contributed by atoms with Crippen LogP contribution in [0.3, 0.4) is 0 Å². The van der Waals surface area contributed by atoms with Gasteiger partial charge in [-0.25, -0.2) is 0 Å². The molecule has 4 nitrogen and oxygen atoms in total. The van der Waals surface area contributed by atoms with Crippen LogP contribution in [-0.2, 0) is 6.42 Å². The molecule has 66 valence electrons. The highest BCUT2D eigenvalue weighted by molar-refractivity contribution is 5.64. The lowest BCUT2D eigenvalue weighted by atomic mass is 10.1. The average Bonchev–Trinajstić information content (AvgIpc) is 2.09. The van der Waals surface area contributed by atoms with Crippen LogP contribution in [0.2, 0.25) is 0 Å². The molecule has 0 aliphatic rings. The fraction of sp³-hybridized carbons (Fsp3) is 0.375. The molecule has 1 aromatic heterocycles. The molecule has 1 rings (SSSR count). The quantitative estimate of drug-likeness (QED) is 0.683. The Balaban J connectivity index is 3.19. The Labute approximate surface area is 71.5 Å². The lowest BCUT2D eigenvalue weighted by molar-refractivity contribution is 0.398. The van der Waals surface area contributed by atoms with Crippen molar-refractivity contribution in [2.24, 2.45) is 0 Å². The smallest absolute Gasteiger partial charge is 0.215 e. The first-order valence-corrected chi connectivity index (χ1v) is 3.77. The molecule has 4 N–H and O–H groups in total. The van der Waals surface area contributed by atoms with E-state index in [1.165, 1.54) is 0 Å². The molecular weight excluding hydrogens is 154 g/mol. The highest BCUT2D eigenvalue weighted by Crippen LogP contribution is 2.22. The minimum Gasteiger partial charge on any atom is -0.481 e. The standard InChI is InChI=1S/C8H13N3O/c1-3-5-4-6(12-2)11-8(10)7(5)9/h4H,3,9H2,1-2H3,(H2,10,11). The number of nitrogens with zero attached hydrogens (tertiary/aromatic N) is 1. The maximum atomic E-state index is 5.67. The van der Waals surface area contributed by atoms with Crippen molar-refractivity contribution in [2.45, 2.75) is 13.3 Å². The summed E-state index contributed by atoms with van der Waals surface area (Å²) in [6, 6.07) is 1.80. The first-order chi connectivity index (χ1) is 5.69. The Bertz CT molecular complexity index is 286. The van der Waals surface area contributed by atoms with Crippen LogP contribution in [0.5, 0.6) is 5.88 Å². The van der Waals surface area contributed by atoms with Gasteiger partial charge < -0.3 is 16.2 Å². The highest BCUT2D eigenvalue weighted by Gasteiger charge is 2.05. The third-order valence-electron chi connectivity index (χ3n) is 1.74. The SMILES string of the molecule is CCc1cc(OC)nc(N)c1N. The van der Waals surface area contributed by atoms with Gasteiger partial charge in [0.1, 0.15) is 0 Å². The van der Waals surface area contributed by atoms with E-state index >= 15 is 0 Å².